The molecular weight excluding hydrogens is 216 g/mol. The molecule has 0 aromatic rings. The first-order valence-corrected chi connectivity index (χ1v) is 7.04. The molecule has 3 heteroatoms. The molecule has 1 unspecified atom stereocenters. The molecule has 0 aromatic heterocycles. The third-order valence-corrected chi connectivity index (χ3v) is 2.85. The van der Waals surface area contributed by atoms with Gasteiger partial charge in [-0.1, -0.05) is 39.0 Å². The molecule has 0 saturated heterocycles. The lowest BCUT2D eigenvalue weighted by molar-refractivity contribution is -0.143. The second kappa shape index (κ2) is 11.9. The number of rotatable bonds is 11. The van der Waals surface area contributed by atoms with Gasteiger partial charge in [-0.25, -0.2) is 0 Å². The van der Waals surface area contributed by atoms with E-state index in [1.54, 1.807) is 0 Å². The van der Waals surface area contributed by atoms with Gasteiger partial charge in [-0.2, -0.15) is 0 Å². The standard InChI is InChI=1S/C14H28O3/c1-3-10-13(15)11-8-6-5-7-9-12-14(16)17-4-2/h13,15H,3-12H2,1-2H3. The fraction of sp³-hybridized carbons (Fsp3) is 0.929. The Balaban J connectivity index is 3.16. The molecule has 0 aliphatic heterocycles. The first-order chi connectivity index (χ1) is 8.20. The Morgan fingerprint density at radius 3 is 2.35 bits per heavy atom. The molecule has 0 aromatic carbocycles. The van der Waals surface area contributed by atoms with Crippen molar-refractivity contribution >= 4 is 5.97 Å². The number of carbonyl (C=O) groups is 1. The van der Waals surface area contributed by atoms with Crippen molar-refractivity contribution in [3.63, 3.8) is 0 Å². The predicted octanol–water partition coefficient (Wildman–Crippen LogP) is 3.44. The summed E-state index contributed by atoms with van der Waals surface area (Å²) in [6.07, 6.45) is 8.75. The summed E-state index contributed by atoms with van der Waals surface area (Å²) in [5.74, 6) is -0.0779. The summed E-state index contributed by atoms with van der Waals surface area (Å²) in [6, 6.07) is 0. The normalized spacial score (nSPS) is 12.4. The van der Waals surface area contributed by atoms with Crippen LogP contribution in [0.5, 0.6) is 0 Å². The summed E-state index contributed by atoms with van der Waals surface area (Å²) in [6.45, 7) is 4.41. The maximum Gasteiger partial charge on any atom is 0.305 e. The molecule has 17 heavy (non-hydrogen) atoms. The van der Waals surface area contributed by atoms with Crippen LogP contribution in [0.2, 0.25) is 0 Å². The van der Waals surface area contributed by atoms with E-state index in [0.29, 0.717) is 13.0 Å². The summed E-state index contributed by atoms with van der Waals surface area (Å²) >= 11 is 0. The molecule has 0 aliphatic carbocycles. The van der Waals surface area contributed by atoms with Gasteiger partial charge in [0, 0.05) is 6.42 Å². The molecule has 1 N–H and O–H groups in total. The van der Waals surface area contributed by atoms with Crippen LogP contribution in [-0.4, -0.2) is 23.8 Å². The van der Waals surface area contributed by atoms with Gasteiger partial charge in [0.2, 0.25) is 0 Å². The molecule has 0 saturated carbocycles. The lowest BCUT2D eigenvalue weighted by Crippen LogP contribution is -2.05. The largest absolute Gasteiger partial charge is 0.466 e. The van der Waals surface area contributed by atoms with Crippen LogP contribution in [0, 0.1) is 0 Å². The van der Waals surface area contributed by atoms with Crippen LogP contribution in [0.25, 0.3) is 0 Å². The Morgan fingerprint density at radius 2 is 1.71 bits per heavy atom. The topological polar surface area (TPSA) is 46.5 Å². The van der Waals surface area contributed by atoms with Crippen LogP contribution in [0.4, 0.5) is 0 Å². The summed E-state index contributed by atoms with van der Waals surface area (Å²) in [4.78, 5) is 11.0. The van der Waals surface area contributed by atoms with E-state index < -0.39 is 0 Å². The average molecular weight is 244 g/mol. The maximum absolute atomic E-state index is 11.0. The Morgan fingerprint density at radius 1 is 1.06 bits per heavy atom. The smallest absolute Gasteiger partial charge is 0.305 e. The van der Waals surface area contributed by atoms with Crippen molar-refractivity contribution in [2.45, 2.75) is 77.7 Å². The van der Waals surface area contributed by atoms with Crippen LogP contribution in [0.15, 0.2) is 0 Å². The maximum atomic E-state index is 11.0. The van der Waals surface area contributed by atoms with Crippen LogP contribution in [-0.2, 0) is 9.53 Å². The van der Waals surface area contributed by atoms with Crippen molar-refractivity contribution in [1.82, 2.24) is 0 Å². The van der Waals surface area contributed by atoms with Crippen molar-refractivity contribution < 1.29 is 14.6 Å². The zero-order valence-corrected chi connectivity index (χ0v) is 11.4. The van der Waals surface area contributed by atoms with Crippen LogP contribution in [0.3, 0.4) is 0 Å². The second-order valence-electron chi connectivity index (χ2n) is 4.55. The number of esters is 1. The molecule has 0 heterocycles. The number of aliphatic hydroxyl groups excluding tert-OH is 1. The van der Waals surface area contributed by atoms with Gasteiger partial charge in [-0.3, -0.25) is 4.79 Å². The summed E-state index contributed by atoms with van der Waals surface area (Å²) in [7, 11) is 0. The van der Waals surface area contributed by atoms with Crippen molar-refractivity contribution in [1.29, 1.82) is 0 Å². The highest BCUT2D eigenvalue weighted by atomic mass is 16.5. The Kier molecular flexibility index (Phi) is 11.5. The Labute approximate surface area is 106 Å². The van der Waals surface area contributed by atoms with E-state index in [2.05, 4.69) is 6.92 Å². The van der Waals surface area contributed by atoms with Gasteiger partial charge in [0.1, 0.15) is 0 Å². The lowest BCUT2D eigenvalue weighted by atomic mass is 10.0. The SMILES string of the molecule is CCCC(O)CCCCCCCC(=O)OCC. The molecule has 3 nitrogen and oxygen atoms in total. The molecule has 102 valence electrons. The van der Waals surface area contributed by atoms with Gasteiger partial charge < -0.3 is 9.84 Å². The van der Waals surface area contributed by atoms with Gasteiger partial charge >= 0.3 is 5.97 Å². The zero-order chi connectivity index (χ0) is 12.9. The number of hydrogen-bond acceptors (Lipinski definition) is 3. The van der Waals surface area contributed by atoms with Gasteiger partial charge in [-0.15, -0.1) is 0 Å². The van der Waals surface area contributed by atoms with Crippen LogP contribution >= 0.6 is 0 Å². The van der Waals surface area contributed by atoms with Gasteiger partial charge in [0.15, 0.2) is 0 Å². The third kappa shape index (κ3) is 11.7. The summed E-state index contributed by atoms with van der Waals surface area (Å²) < 4.78 is 4.86. The quantitative estimate of drug-likeness (QED) is 0.447. The first-order valence-electron chi connectivity index (χ1n) is 7.04. The fourth-order valence-corrected chi connectivity index (χ4v) is 1.89. The van der Waals surface area contributed by atoms with E-state index in [1.807, 2.05) is 6.92 Å². The summed E-state index contributed by atoms with van der Waals surface area (Å²) in [5.41, 5.74) is 0. The summed E-state index contributed by atoms with van der Waals surface area (Å²) in [5, 5.41) is 9.52. The molecule has 0 spiro atoms. The van der Waals surface area contributed by atoms with Crippen LogP contribution in [0.1, 0.15) is 71.6 Å². The van der Waals surface area contributed by atoms with Crippen molar-refractivity contribution in [2.75, 3.05) is 6.61 Å². The minimum atomic E-state index is -0.112. The lowest BCUT2D eigenvalue weighted by Gasteiger charge is -2.08. The van der Waals surface area contributed by atoms with E-state index in [4.69, 9.17) is 4.74 Å². The predicted molar refractivity (Wildman–Crippen MR) is 69.9 cm³/mol. The van der Waals surface area contributed by atoms with E-state index in [0.717, 1.165) is 51.4 Å². The Hall–Kier alpha value is -0.570. The molecule has 0 amide bonds. The zero-order valence-electron chi connectivity index (χ0n) is 11.4. The van der Waals surface area contributed by atoms with Crippen molar-refractivity contribution in [3.8, 4) is 0 Å². The molecular formula is C14H28O3. The number of ether oxygens (including phenoxy) is 1. The van der Waals surface area contributed by atoms with E-state index >= 15 is 0 Å². The number of hydrogen-bond donors (Lipinski definition) is 1. The number of aliphatic hydroxyl groups is 1. The minimum Gasteiger partial charge on any atom is -0.466 e. The fourth-order valence-electron chi connectivity index (χ4n) is 1.89. The number of unbranched alkanes of at least 4 members (excludes halogenated alkanes) is 4. The third-order valence-electron chi connectivity index (χ3n) is 2.85. The van der Waals surface area contributed by atoms with Gasteiger partial charge in [0.25, 0.3) is 0 Å². The highest BCUT2D eigenvalue weighted by molar-refractivity contribution is 5.69. The first kappa shape index (κ1) is 16.4. The molecule has 0 fully saturated rings. The molecule has 0 bridgehead atoms. The van der Waals surface area contributed by atoms with Crippen molar-refractivity contribution in [2.24, 2.45) is 0 Å². The van der Waals surface area contributed by atoms with E-state index in [1.165, 1.54) is 0 Å². The monoisotopic (exact) mass is 244 g/mol. The highest BCUT2D eigenvalue weighted by Crippen LogP contribution is 2.11. The average Bonchev–Trinajstić information content (AvgIpc) is 2.28. The Bertz CT molecular complexity index is 180. The van der Waals surface area contributed by atoms with Gasteiger partial charge in [0.05, 0.1) is 12.7 Å². The molecule has 0 radical (unpaired) electrons. The minimum absolute atomic E-state index is 0.0779. The number of carbonyl (C=O) groups excluding carboxylic acids is 1. The van der Waals surface area contributed by atoms with Gasteiger partial charge in [-0.05, 0) is 26.2 Å². The van der Waals surface area contributed by atoms with E-state index in [-0.39, 0.29) is 12.1 Å². The molecule has 0 rings (SSSR count). The van der Waals surface area contributed by atoms with Crippen molar-refractivity contribution in [3.05, 3.63) is 0 Å². The second-order valence-corrected chi connectivity index (χ2v) is 4.55. The molecule has 0 aliphatic rings. The molecule has 1 atom stereocenters. The van der Waals surface area contributed by atoms with Crippen LogP contribution < -0.4 is 0 Å². The van der Waals surface area contributed by atoms with E-state index in [9.17, 15) is 9.90 Å². The highest BCUT2D eigenvalue weighted by Gasteiger charge is 2.03.